The molecule has 1 amide bonds. The molecule has 0 aromatic rings. The molecule has 0 fully saturated rings. The Kier molecular flexibility index (Phi) is 6.07. The van der Waals surface area contributed by atoms with Gasteiger partial charge in [0.1, 0.15) is 11.6 Å². The minimum Gasteiger partial charge on any atom is -0.469 e. The Hall–Kier alpha value is -1.51. The molecule has 0 unspecified atom stereocenters. The lowest BCUT2D eigenvalue weighted by Crippen LogP contribution is -2.53. The van der Waals surface area contributed by atoms with Crippen molar-refractivity contribution in [1.29, 1.82) is 0 Å². The zero-order chi connectivity index (χ0) is 15.3. The minimum absolute atomic E-state index is 0.845. The molecule has 0 rings (SSSR count). The standard InChI is InChI=1S/C10H17F3N2O4/c1-9(2,3)19-8(17)15-14-6(10(11,12)13)5-7(16)18-4/h6,14H,5H2,1-4H3,(H,15,17)/t6-/m1/s1. The van der Waals surface area contributed by atoms with E-state index in [0.717, 1.165) is 7.11 Å². The zero-order valence-electron chi connectivity index (χ0n) is 11.1. The van der Waals surface area contributed by atoms with Gasteiger partial charge in [-0.2, -0.15) is 13.2 Å². The summed E-state index contributed by atoms with van der Waals surface area (Å²) in [5, 5.41) is 0. The molecule has 0 aromatic carbocycles. The zero-order valence-corrected chi connectivity index (χ0v) is 11.1. The Bertz CT molecular complexity index is 326. The van der Waals surface area contributed by atoms with Crippen LogP contribution in [0.1, 0.15) is 27.2 Å². The number of hydrazine groups is 1. The van der Waals surface area contributed by atoms with Crippen LogP contribution in [0.15, 0.2) is 0 Å². The molecule has 0 spiro atoms. The predicted octanol–water partition coefficient (Wildman–Crippen LogP) is 1.51. The van der Waals surface area contributed by atoms with Crippen LogP contribution in [0, 0.1) is 0 Å². The number of halogens is 3. The smallest absolute Gasteiger partial charge is 0.422 e. The number of amides is 1. The van der Waals surface area contributed by atoms with Crippen molar-refractivity contribution in [3.8, 4) is 0 Å². The van der Waals surface area contributed by atoms with Gasteiger partial charge in [0, 0.05) is 0 Å². The third-order valence-electron chi connectivity index (χ3n) is 1.74. The van der Waals surface area contributed by atoms with E-state index in [1.807, 2.05) is 0 Å². The van der Waals surface area contributed by atoms with E-state index in [4.69, 9.17) is 4.74 Å². The van der Waals surface area contributed by atoms with Crippen molar-refractivity contribution in [3.05, 3.63) is 0 Å². The molecule has 0 bridgehead atoms. The van der Waals surface area contributed by atoms with Crippen molar-refractivity contribution in [3.63, 3.8) is 0 Å². The number of hydrogen-bond donors (Lipinski definition) is 2. The van der Waals surface area contributed by atoms with Crippen LogP contribution in [0.2, 0.25) is 0 Å². The van der Waals surface area contributed by atoms with Crippen molar-refractivity contribution in [2.75, 3.05) is 7.11 Å². The van der Waals surface area contributed by atoms with Crippen molar-refractivity contribution >= 4 is 12.1 Å². The first-order valence-electron chi connectivity index (χ1n) is 5.33. The summed E-state index contributed by atoms with van der Waals surface area (Å²) in [6.45, 7) is 4.67. The highest BCUT2D eigenvalue weighted by molar-refractivity contribution is 5.70. The van der Waals surface area contributed by atoms with Gasteiger partial charge < -0.3 is 9.47 Å². The third kappa shape index (κ3) is 8.25. The van der Waals surface area contributed by atoms with E-state index in [-0.39, 0.29) is 0 Å². The van der Waals surface area contributed by atoms with Gasteiger partial charge in [-0.05, 0) is 20.8 Å². The number of alkyl halides is 3. The number of carbonyl (C=O) groups excluding carboxylic acids is 2. The summed E-state index contributed by atoms with van der Waals surface area (Å²) >= 11 is 0. The van der Waals surface area contributed by atoms with Gasteiger partial charge in [0.15, 0.2) is 0 Å². The largest absolute Gasteiger partial charge is 0.469 e. The molecular weight excluding hydrogens is 269 g/mol. The van der Waals surface area contributed by atoms with Gasteiger partial charge in [-0.15, -0.1) is 0 Å². The van der Waals surface area contributed by atoms with E-state index in [9.17, 15) is 22.8 Å². The highest BCUT2D eigenvalue weighted by Crippen LogP contribution is 2.22. The SMILES string of the molecule is COC(=O)C[C@@H](NNC(=O)OC(C)(C)C)C(F)(F)F. The Balaban J connectivity index is 4.43. The van der Waals surface area contributed by atoms with Gasteiger partial charge in [-0.1, -0.05) is 0 Å². The van der Waals surface area contributed by atoms with Gasteiger partial charge in [-0.25, -0.2) is 10.2 Å². The van der Waals surface area contributed by atoms with E-state index in [0.29, 0.717) is 0 Å². The second-order valence-electron chi connectivity index (χ2n) is 4.65. The molecule has 9 heteroatoms. The molecule has 0 aromatic heterocycles. The molecule has 2 N–H and O–H groups in total. The number of nitrogens with one attached hydrogen (secondary N) is 2. The molecule has 1 atom stereocenters. The summed E-state index contributed by atoms with van der Waals surface area (Å²) in [5.41, 5.74) is 2.59. The molecule has 0 radical (unpaired) electrons. The van der Waals surface area contributed by atoms with Crippen LogP contribution in [0.25, 0.3) is 0 Å². The summed E-state index contributed by atoms with van der Waals surface area (Å²) in [6.07, 6.45) is -6.76. The molecule has 19 heavy (non-hydrogen) atoms. The highest BCUT2D eigenvalue weighted by atomic mass is 19.4. The lowest BCUT2D eigenvalue weighted by Gasteiger charge is -2.23. The first kappa shape index (κ1) is 17.5. The predicted molar refractivity (Wildman–Crippen MR) is 59.0 cm³/mol. The topological polar surface area (TPSA) is 76.7 Å². The highest BCUT2D eigenvalue weighted by Gasteiger charge is 2.41. The van der Waals surface area contributed by atoms with Crippen molar-refractivity contribution in [2.24, 2.45) is 0 Å². The minimum atomic E-state index is -4.72. The molecule has 112 valence electrons. The fourth-order valence-corrected chi connectivity index (χ4v) is 0.948. The first-order chi connectivity index (χ1) is 8.45. The van der Waals surface area contributed by atoms with Crippen molar-refractivity contribution in [1.82, 2.24) is 10.9 Å². The van der Waals surface area contributed by atoms with Gasteiger partial charge >= 0.3 is 18.2 Å². The summed E-state index contributed by atoms with van der Waals surface area (Å²) < 4.78 is 46.5. The van der Waals surface area contributed by atoms with E-state index in [2.05, 4.69) is 4.74 Å². The maximum atomic E-state index is 12.5. The summed E-state index contributed by atoms with van der Waals surface area (Å²) in [5.74, 6) is -1.05. The van der Waals surface area contributed by atoms with E-state index in [1.165, 1.54) is 0 Å². The van der Waals surface area contributed by atoms with Gasteiger partial charge in [0.2, 0.25) is 0 Å². The van der Waals surface area contributed by atoms with E-state index < -0.39 is 36.3 Å². The average Bonchev–Trinajstić information content (AvgIpc) is 2.19. The van der Waals surface area contributed by atoms with Crippen LogP contribution in [0.5, 0.6) is 0 Å². The Labute approximate surface area is 108 Å². The van der Waals surface area contributed by atoms with Crippen molar-refractivity contribution in [2.45, 2.75) is 45.0 Å². The first-order valence-corrected chi connectivity index (χ1v) is 5.33. The number of methoxy groups -OCH3 is 1. The second kappa shape index (κ2) is 6.60. The van der Waals surface area contributed by atoms with E-state index in [1.54, 1.807) is 31.6 Å². The summed E-state index contributed by atoms with van der Waals surface area (Å²) in [7, 11) is 0.969. The Morgan fingerprint density at radius 2 is 1.74 bits per heavy atom. The molecule has 0 heterocycles. The molecule has 0 aliphatic heterocycles. The van der Waals surface area contributed by atoms with Crippen LogP contribution >= 0.6 is 0 Å². The van der Waals surface area contributed by atoms with Crippen molar-refractivity contribution < 1.29 is 32.2 Å². The molecule has 6 nitrogen and oxygen atoms in total. The molecular formula is C10H17F3N2O4. The lowest BCUT2D eigenvalue weighted by molar-refractivity contribution is -0.170. The van der Waals surface area contributed by atoms with Crippen LogP contribution in [0.3, 0.4) is 0 Å². The fraction of sp³-hybridized carbons (Fsp3) is 0.800. The summed E-state index contributed by atoms with van der Waals surface area (Å²) in [4.78, 5) is 22.0. The van der Waals surface area contributed by atoms with E-state index >= 15 is 0 Å². The second-order valence-corrected chi connectivity index (χ2v) is 4.65. The number of hydrogen-bond acceptors (Lipinski definition) is 5. The number of esters is 1. The molecule has 0 aliphatic rings. The Morgan fingerprint density at radius 1 is 1.21 bits per heavy atom. The monoisotopic (exact) mass is 286 g/mol. The molecule has 0 saturated carbocycles. The van der Waals surface area contributed by atoms with Crippen LogP contribution in [-0.4, -0.2) is 37.0 Å². The molecule has 0 saturated heterocycles. The van der Waals surface area contributed by atoms with Crippen LogP contribution in [0.4, 0.5) is 18.0 Å². The summed E-state index contributed by atoms with van der Waals surface area (Å²) in [6, 6.07) is -2.26. The number of carbonyl (C=O) groups is 2. The Morgan fingerprint density at radius 3 is 2.11 bits per heavy atom. The number of ether oxygens (including phenoxy) is 2. The van der Waals surface area contributed by atoms with Crippen LogP contribution < -0.4 is 10.9 Å². The third-order valence-corrected chi connectivity index (χ3v) is 1.74. The number of rotatable bonds is 4. The van der Waals surface area contributed by atoms with Gasteiger partial charge in [0.05, 0.1) is 13.5 Å². The fourth-order valence-electron chi connectivity index (χ4n) is 0.948. The maximum Gasteiger partial charge on any atom is 0.422 e. The van der Waals surface area contributed by atoms with Gasteiger partial charge in [0.25, 0.3) is 0 Å². The maximum absolute atomic E-state index is 12.5. The lowest BCUT2D eigenvalue weighted by atomic mass is 10.2. The average molecular weight is 286 g/mol. The quantitative estimate of drug-likeness (QED) is 0.605. The molecule has 0 aliphatic carbocycles. The normalized spacial score (nSPS) is 13.6. The van der Waals surface area contributed by atoms with Gasteiger partial charge in [-0.3, -0.25) is 10.2 Å². The van der Waals surface area contributed by atoms with Crippen LogP contribution in [-0.2, 0) is 14.3 Å².